The Labute approximate surface area is 213 Å². The molecule has 1 heterocycles. The van der Waals surface area contributed by atoms with Gasteiger partial charge in [-0.15, -0.1) is 0 Å². The molecule has 1 saturated heterocycles. The topological polar surface area (TPSA) is 87.1 Å². The predicted octanol–water partition coefficient (Wildman–Crippen LogP) is 6.65. The zero-order valence-corrected chi connectivity index (χ0v) is 21.1. The number of esters is 1. The number of phenols is 1. The number of aliphatic carboxylic acids is 1. The van der Waals surface area contributed by atoms with E-state index >= 15 is 0 Å². The van der Waals surface area contributed by atoms with Gasteiger partial charge in [-0.3, -0.25) is 4.79 Å². The summed E-state index contributed by atoms with van der Waals surface area (Å²) >= 11 is 0. The second-order valence-electron chi connectivity index (χ2n) is 9.93. The van der Waals surface area contributed by atoms with E-state index in [1.807, 2.05) is 24.3 Å². The number of nitrogens with zero attached hydrogens (tertiary/aromatic N) is 1. The fourth-order valence-corrected chi connectivity index (χ4v) is 6.30. The lowest BCUT2D eigenvalue weighted by Gasteiger charge is -2.48. The Kier molecular flexibility index (Phi) is 8.34. The minimum absolute atomic E-state index is 0.0498. The van der Waals surface area contributed by atoms with Crippen LogP contribution in [0.2, 0.25) is 0 Å². The number of allylic oxidation sites excluding steroid dienone is 2. The maximum Gasteiger partial charge on any atom is 0.341 e. The van der Waals surface area contributed by atoms with Crippen LogP contribution >= 0.6 is 0 Å². The molecule has 1 aliphatic heterocycles. The summed E-state index contributed by atoms with van der Waals surface area (Å²) in [5.41, 5.74) is 1.77. The van der Waals surface area contributed by atoms with Crippen molar-refractivity contribution in [1.82, 2.24) is 0 Å². The van der Waals surface area contributed by atoms with Crippen LogP contribution in [0.15, 0.2) is 60.7 Å². The molecule has 0 saturated carbocycles. The number of benzene rings is 2. The fourth-order valence-electron chi connectivity index (χ4n) is 6.30. The predicted molar refractivity (Wildman–Crippen MR) is 140 cm³/mol. The molecule has 36 heavy (non-hydrogen) atoms. The number of hydrogen-bond acceptors (Lipinski definition) is 5. The van der Waals surface area contributed by atoms with E-state index < -0.39 is 11.9 Å². The highest BCUT2D eigenvalue weighted by Crippen LogP contribution is 2.54. The first kappa shape index (κ1) is 25.8. The molecule has 0 bridgehead atoms. The lowest BCUT2D eigenvalue weighted by atomic mass is 9.72. The highest BCUT2D eigenvalue weighted by Gasteiger charge is 2.51. The number of ether oxygens (including phenoxy) is 1. The van der Waals surface area contributed by atoms with Crippen LogP contribution < -0.4 is 4.90 Å². The van der Waals surface area contributed by atoms with E-state index in [9.17, 15) is 19.8 Å². The minimum atomic E-state index is -0.788. The van der Waals surface area contributed by atoms with Gasteiger partial charge >= 0.3 is 11.9 Å². The van der Waals surface area contributed by atoms with Crippen LogP contribution in [0, 0.1) is 5.92 Å². The van der Waals surface area contributed by atoms with Crippen molar-refractivity contribution in [2.24, 2.45) is 5.92 Å². The Bertz CT molecular complexity index is 1080. The maximum atomic E-state index is 12.3. The smallest absolute Gasteiger partial charge is 0.341 e. The monoisotopic (exact) mass is 491 g/mol. The van der Waals surface area contributed by atoms with Crippen molar-refractivity contribution < 1.29 is 24.5 Å². The van der Waals surface area contributed by atoms with Gasteiger partial charge in [-0.05, 0) is 81.9 Å². The van der Waals surface area contributed by atoms with Crippen LogP contribution in [-0.4, -0.2) is 34.3 Å². The van der Waals surface area contributed by atoms with Gasteiger partial charge in [-0.25, -0.2) is 4.79 Å². The first-order valence-electron chi connectivity index (χ1n) is 13.2. The Morgan fingerprint density at radius 3 is 2.56 bits per heavy atom. The van der Waals surface area contributed by atoms with Crippen LogP contribution in [0.3, 0.4) is 0 Å². The Morgan fingerprint density at radius 1 is 1.06 bits per heavy atom. The molecule has 2 N–H and O–H groups in total. The molecule has 2 aromatic rings. The lowest BCUT2D eigenvalue weighted by Crippen LogP contribution is -2.51. The van der Waals surface area contributed by atoms with E-state index in [0.29, 0.717) is 12.3 Å². The number of carbonyl (C=O) groups is 2. The lowest BCUT2D eigenvalue weighted by molar-refractivity contribution is -0.137. The van der Waals surface area contributed by atoms with Gasteiger partial charge in [0.2, 0.25) is 0 Å². The summed E-state index contributed by atoms with van der Waals surface area (Å²) in [6.45, 7) is 1.97. The number of rotatable bonds is 8. The molecule has 0 amide bonds. The van der Waals surface area contributed by atoms with Crippen LogP contribution in [0.25, 0.3) is 0 Å². The highest BCUT2D eigenvalue weighted by molar-refractivity contribution is 5.93. The van der Waals surface area contributed by atoms with E-state index in [1.54, 1.807) is 19.1 Å². The van der Waals surface area contributed by atoms with Gasteiger partial charge in [0.15, 0.2) is 0 Å². The minimum Gasteiger partial charge on any atom is -0.507 e. The molecule has 192 valence electrons. The fraction of sp³-hybridized carbons (Fsp3) is 0.467. The van der Waals surface area contributed by atoms with Crippen molar-refractivity contribution in [3.05, 3.63) is 71.8 Å². The van der Waals surface area contributed by atoms with E-state index in [4.69, 9.17) is 4.74 Å². The van der Waals surface area contributed by atoms with Gasteiger partial charge in [0.1, 0.15) is 11.3 Å². The van der Waals surface area contributed by atoms with Crippen LogP contribution in [0.5, 0.6) is 5.75 Å². The van der Waals surface area contributed by atoms with E-state index in [0.717, 1.165) is 50.6 Å². The van der Waals surface area contributed by atoms with Crippen molar-refractivity contribution in [2.45, 2.75) is 76.3 Å². The zero-order chi connectivity index (χ0) is 25.5. The van der Waals surface area contributed by atoms with E-state index in [-0.39, 0.29) is 35.9 Å². The molecular weight excluding hydrogens is 454 g/mol. The summed E-state index contributed by atoms with van der Waals surface area (Å²) in [5, 5.41) is 20.6. The van der Waals surface area contributed by atoms with Crippen LogP contribution in [0.1, 0.15) is 86.7 Å². The molecule has 4 rings (SSSR count). The zero-order valence-electron chi connectivity index (χ0n) is 21.1. The molecule has 3 atom stereocenters. The van der Waals surface area contributed by atoms with Crippen molar-refractivity contribution in [3.63, 3.8) is 0 Å². The molecule has 0 spiro atoms. The normalized spacial score (nSPS) is 25.1. The number of anilines is 1. The third kappa shape index (κ3) is 5.43. The summed E-state index contributed by atoms with van der Waals surface area (Å²) < 4.78 is 5.11. The summed E-state index contributed by atoms with van der Waals surface area (Å²) in [6, 6.07) is 15.5. The molecule has 0 aromatic heterocycles. The van der Waals surface area contributed by atoms with Crippen LogP contribution in [0.4, 0.5) is 5.69 Å². The molecule has 3 unspecified atom stereocenters. The van der Waals surface area contributed by atoms with Crippen molar-refractivity contribution in [1.29, 1.82) is 0 Å². The molecule has 1 aliphatic carbocycles. The number of carboxylic acid groups (broad SMARTS) is 1. The van der Waals surface area contributed by atoms with Crippen LogP contribution in [-0.2, 0) is 9.53 Å². The number of carbonyl (C=O) groups excluding carboxylic acids is 1. The molecule has 6 nitrogen and oxygen atoms in total. The maximum absolute atomic E-state index is 12.3. The van der Waals surface area contributed by atoms with Crippen molar-refractivity contribution in [2.75, 3.05) is 11.5 Å². The molecular formula is C30H37NO5. The van der Waals surface area contributed by atoms with Gasteiger partial charge in [-0.1, -0.05) is 42.5 Å². The Hall–Kier alpha value is -3.28. The Balaban J connectivity index is 1.82. The van der Waals surface area contributed by atoms with Crippen molar-refractivity contribution in [3.8, 4) is 5.75 Å². The summed E-state index contributed by atoms with van der Waals surface area (Å²) in [7, 11) is 0. The summed E-state index contributed by atoms with van der Waals surface area (Å²) in [6.07, 6.45) is 12.1. The molecule has 2 aromatic carbocycles. The van der Waals surface area contributed by atoms with Crippen molar-refractivity contribution >= 4 is 17.6 Å². The molecule has 1 fully saturated rings. The SMILES string of the molecule is CCOC(=O)c1ccc(N2C(c3ccccc3)CCC2(CCC(=O)O)C2CC/C=C\CCC2)cc1O. The molecule has 2 aliphatic rings. The number of aromatic hydroxyl groups is 1. The third-order valence-corrected chi connectivity index (χ3v) is 7.88. The van der Waals surface area contributed by atoms with Gasteiger partial charge in [0.05, 0.1) is 12.6 Å². The standard InChI is InChI=1S/C30H37NO5/c1-2-36-29(35)25-16-15-24(21-27(25)32)31-26(22-11-7-6-8-12-22)17-19-30(31,20-18-28(33)34)23-13-9-4-3-5-10-14-23/h3-4,6-8,11-12,15-16,21,23,26,32H,2,5,9-10,13-14,17-20H2,1H3,(H,33,34)/b4-3-. The summed E-state index contributed by atoms with van der Waals surface area (Å²) in [4.78, 5) is 26.5. The van der Waals surface area contributed by atoms with Gasteiger partial charge in [-0.2, -0.15) is 0 Å². The quantitative estimate of drug-likeness (QED) is 0.317. The third-order valence-electron chi connectivity index (χ3n) is 7.88. The molecule has 0 radical (unpaired) electrons. The molecule has 6 heteroatoms. The second kappa shape index (κ2) is 11.6. The average molecular weight is 492 g/mol. The van der Waals surface area contributed by atoms with E-state index in [2.05, 4.69) is 29.2 Å². The van der Waals surface area contributed by atoms with E-state index in [1.165, 1.54) is 5.56 Å². The Morgan fingerprint density at radius 2 is 1.83 bits per heavy atom. The first-order valence-corrected chi connectivity index (χ1v) is 13.2. The number of carboxylic acids is 1. The number of hydrogen-bond donors (Lipinski definition) is 2. The van der Waals surface area contributed by atoms with Gasteiger partial charge in [0.25, 0.3) is 0 Å². The first-order chi connectivity index (χ1) is 17.5. The number of phenolic OH excluding ortho intramolecular Hbond substituents is 1. The van der Waals surface area contributed by atoms with Gasteiger partial charge < -0.3 is 19.8 Å². The average Bonchev–Trinajstić information content (AvgIpc) is 3.23. The largest absolute Gasteiger partial charge is 0.507 e. The second-order valence-corrected chi connectivity index (χ2v) is 9.93. The van der Waals surface area contributed by atoms with Gasteiger partial charge in [0, 0.05) is 23.7 Å². The highest BCUT2D eigenvalue weighted by atomic mass is 16.5. The summed E-state index contributed by atoms with van der Waals surface area (Å²) in [5.74, 6) is -1.13.